The van der Waals surface area contributed by atoms with E-state index in [9.17, 15) is 19.5 Å². The summed E-state index contributed by atoms with van der Waals surface area (Å²) in [4.78, 5) is 40.9. The number of aliphatic hydroxyl groups excluding tert-OH is 1. The van der Waals surface area contributed by atoms with Crippen LogP contribution in [0.3, 0.4) is 0 Å². The molecule has 1 saturated heterocycles. The Morgan fingerprint density at radius 3 is 2.42 bits per heavy atom. The maximum atomic E-state index is 13.8. The SMILES string of the molecule is CCC(NC(=O)[C@@H]1C[C@@H](O)CN1C(=O)[C@@H](n1cc(C2CC2)nn1)C(C)(C)C)(C(N)=O)C1CC1. The molecule has 1 unspecified atom stereocenters. The van der Waals surface area contributed by atoms with Gasteiger partial charge in [0.25, 0.3) is 0 Å². The number of rotatable bonds is 8. The number of carbonyl (C=O) groups is 3. The van der Waals surface area contributed by atoms with Crippen LogP contribution in [0.1, 0.15) is 83.9 Å². The first kappa shape index (κ1) is 23.7. The van der Waals surface area contributed by atoms with Crippen molar-refractivity contribution in [2.45, 2.75) is 95.9 Å². The number of nitrogens with zero attached hydrogens (tertiary/aromatic N) is 4. The van der Waals surface area contributed by atoms with Crippen molar-refractivity contribution in [2.24, 2.45) is 17.1 Å². The van der Waals surface area contributed by atoms with Gasteiger partial charge in [-0.15, -0.1) is 5.10 Å². The van der Waals surface area contributed by atoms with E-state index in [1.54, 1.807) is 4.68 Å². The highest BCUT2D eigenvalue weighted by atomic mass is 16.3. The molecule has 2 saturated carbocycles. The predicted octanol–water partition coefficient (Wildman–Crippen LogP) is 0.865. The molecule has 2 heterocycles. The van der Waals surface area contributed by atoms with E-state index in [4.69, 9.17) is 5.73 Å². The first-order chi connectivity index (χ1) is 15.5. The zero-order valence-corrected chi connectivity index (χ0v) is 20.0. The van der Waals surface area contributed by atoms with E-state index in [1.165, 1.54) is 4.90 Å². The molecule has 3 fully saturated rings. The summed E-state index contributed by atoms with van der Waals surface area (Å²) in [6.07, 6.45) is 5.31. The second-order valence-corrected chi connectivity index (χ2v) is 11.0. The molecule has 1 aromatic rings. The molecule has 1 aromatic heterocycles. The topological polar surface area (TPSA) is 143 Å². The largest absolute Gasteiger partial charge is 0.391 e. The van der Waals surface area contributed by atoms with Crippen LogP contribution in [0.15, 0.2) is 6.20 Å². The summed E-state index contributed by atoms with van der Waals surface area (Å²) in [5.74, 6) is -0.880. The van der Waals surface area contributed by atoms with E-state index in [2.05, 4.69) is 15.6 Å². The molecule has 0 aromatic carbocycles. The lowest BCUT2D eigenvalue weighted by molar-refractivity contribution is -0.145. The fourth-order valence-electron chi connectivity index (χ4n) is 5.12. The molecule has 0 spiro atoms. The molecule has 4 atom stereocenters. The van der Waals surface area contributed by atoms with Gasteiger partial charge < -0.3 is 21.1 Å². The van der Waals surface area contributed by atoms with Gasteiger partial charge in [0.1, 0.15) is 17.6 Å². The first-order valence-corrected chi connectivity index (χ1v) is 12.0. The number of hydrogen-bond donors (Lipinski definition) is 3. The predicted molar refractivity (Wildman–Crippen MR) is 120 cm³/mol. The summed E-state index contributed by atoms with van der Waals surface area (Å²) in [7, 11) is 0. The zero-order chi connectivity index (χ0) is 24.1. The van der Waals surface area contributed by atoms with Crippen LogP contribution in [0.5, 0.6) is 0 Å². The monoisotopic (exact) mass is 460 g/mol. The highest BCUT2D eigenvalue weighted by Gasteiger charge is 2.52. The van der Waals surface area contributed by atoms with Gasteiger partial charge in [-0.1, -0.05) is 32.9 Å². The maximum absolute atomic E-state index is 13.8. The van der Waals surface area contributed by atoms with Crippen molar-refractivity contribution < 1.29 is 19.5 Å². The van der Waals surface area contributed by atoms with Crippen LogP contribution < -0.4 is 11.1 Å². The summed E-state index contributed by atoms with van der Waals surface area (Å²) < 4.78 is 1.60. The number of β-amino-alcohol motifs (C(OH)–C–C–N with tert-alkyl or cyclic N) is 1. The number of primary amides is 1. The fourth-order valence-corrected chi connectivity index (χ4v) is 5.12. The van der Waals surface area contributed by atoms with Crippen molar-refractivity contribution in [2.75, 3.05) is 6.54 Å². The average Bonchev–Trinajstić information content (AvgIpc) is 3.66. The van der Waals surface area contributed by atoms with Gasteiger partial charge in [0.2, 0.25) is 17.7 Å². The molecule has 10 heteroatoms. The maximum Gasteiger partial charge on any atom is 0.248 e. The Balaban J connectivity index is 1.59. The third-order valence-electron chi connectivity index (χ3n) is 7.33. The molecule has 0 radical (unpaired) electrons. The standard InChI is InChI=1S/C23H36N6O4/c1-5-23(21(24)33,14-8-9-14)25-19(31)17-10-15(30)11-28(17)20(32)18(22(2,3)4)29-12-16(26-27-29)13-6-7-13/h12-15,17-18,30H,5-11H2,1-4H3,(H2,24,33)(H,25,31)/t15-,17+,18-,23?/m1/s1. The van der Waals surface area contributed by atoms with E-state index in [0.717, 1.165) is 31.4 Å². The van der Waals surface area contributed by atoms with Gasteiger partial charge in [-0.25, -0.2) is 4.68 Å². The number of carbonyl (C=O) groups excluding carboxylic acids is 3. The average molecular weight is 461 g/mol. The second-order valence-electron chi connectivity index (χ2n) is 11.0. The van der Waals surface area contributed by atoms with Crippen molar-refractivity contribution in [1.29, 1.82) is 0 Å². The second kappa shape index (κ2) is 8.38. The number of nitrogens with one attached hydrogen (secondary N) is 1. The Hall–Kier alpha value is -2.49. The summed E-state index contributed by atoms with van der Waals surface area (Å²) in [6.45, 7) is 7.70. The molecular weight excluding hydrogens is 424 g/mol. The van der Waals surface area contributed by atoms with Gasteiger partial charge in [0, 0.05) is 25.1 Å². The van der Waals surface area contributed by atoms with E-state index in [1.807, 2.05) is 33.9 Å². The van der Waals surface area contributed by atoms with Crippen molar-refractivity contribution in [1.82, 2.24) is 25.2 Å². The first-order valence-electron chi connectivity index (χ1n) is 12.0. The van der Waals surface area contributed by atoms with E-state index >= 15 is 0 Å². The third-order valence-corrected chi connectivity index (χ3v) is 7.33. The van der Waals surface area contributed by atoms with Gasteiger partial charge in [-0.2, -0.15) is 0 Å². The Kier molecular flexibility index (Phi) is 6.01. The molecule has 4 rings (SSSR count). The minimum absolute atomic E-state index is 0.0118. The lowest BCUT2D eigenvalue weighted by Gasteiger charge is -2.36. The van der Waals surface area contributed by atoms with Crippen LogP contribution in [-0.4, -0.2) is 67.0 Å². The van der Waals surface area contributed by atoms with Gasteiger partial charge in [0.05, 0.1) is 11.8 Å². The molecule has 2 aliphatic carbocycles. The molecule has 4 N–H and O–H groups in total. The Labute approximate surface area is 194 Å². The van der Waals surface area contributed by atoms with Crippen LogP contribution >= 0.6 is 0 Å². The molecule has 1 aliphatic heterocycles. The number of aliphatic hydroxyl groups is 1. The van der Waals surface area contributed by atoms with E-state index in [-0.39, 0.29) is 24.8 Å². The van der Waals surface area contributed by atoms with Crippen molar-refractivity contribution >= 4 is 17.7 Å². The highest BCUT2D eigenvalue weighted by Crippen LogP contribution is 2.42. The molecule has 33 heavy (non-hydrogen) atoms. The minimum Gasteiger partial charge on any atom is -0.391 e. The highest BCUT2D eigenvalue weighted by molar-refractivity contribution is 5.95. The van der Waals surface area contributed by atoms with Crippen LogP contribution in [0.25, 0.3) is 0 Å². The molecule has 3 aliphatic rings. The number of aromatic nitrogens is 3. The molecule has 0 bridgehead atoms. The fraction of sp³-hybridized carbons (Fsp3) is 0.783. The van der Waals surface area contributed by atoms with Crippen molar-refractivity contribution in [3.05, 3.63) is 11.9 Å². The summed E-state index contributed by atoms with van der Waals surface area (Å²) in [6, 6.07) is -1.57. The number of hydrogen-bond acceptors (Lipinski definition) is 6. The molecule has 10 nitrogen and oxygen atoms in total. The zero-order valence-electron chi connectivity index (χ0n) is 20.0. The van der Waals surface area contributed by atoms with Crippen LogP contribution in [0.2, 0.25) is 0 Å². The quantitative estimate of drug-likeness (QED) is 0.525. The van der Waals surface area contributed by atoms with E-state index in [0.29, 0.717) is 12.3 Å². The van der Waals surface area contributed by atoms with Gasteiger partial charge in [-0.05, 0) is 43.4 Å². The molecule has 182 valence electrons. The molecule has 3 amide bonds. The number of likely N-dealkylation sites (tertiary alicyclic amines) is 1. The lowest BCUT2D eigenvalue weighted by atomic mass is 9.85. The smallest absolute Gasteiger partial charge is 0.248 e. The van der Waals surface area contributed by atoms with Gasteiger partial charge >= 0.3 is 0 Å². The minimum atomic E-state index is -1.12. The number of nitrogens with two attached hydrogens (primary N) is 1. The van der Waals surface area contributed by atoms with Gasteiger partial charge in [-0.3, -0.25) is 14.4 Å². The van der Waals surface area contributed by atoms with Crippen LogP contribution in [0, 0.1) is 11.3 Å². The van der Waals surface area contributed by atoms with Crippen LogP contribution in [-0.2, 0) is 14.4 Å². The summed E-state index contributed by atoms with van der Waals surface area (Å²) >= 11 is 0. The van der Waals surface area contributed by atoms with E-state index < -0.39 is 41.0 Å². The summed E-state index contributed by atoms with van der Waals surface area (Å²) in [5, 5.41) is 21.8. The van der Waals surface area contributed by atoms with Crippen LogP contribution in [0.4, 0.5) is 0 Å². The third kappa shape index (κ3) is 4.49. The van der Waals surface area contributed by atoms with Crippen molar-refractivity contribution in [3.8, 4) is 0 Å². The Bertz CT molecular complexity index is 932. The van der Waals surface area contributed by atoms with Gasteiger partial charge in [0.15, 0.2) is 0 Å². The number of amides is 3. The Morgan fingerprint density at radius 2 is 1.91 bits per heavy atom. The lowest BCUT2D eigenvalue weighted by Crippen LogP contribution is -2.62. The van der Waals surface area contributed by atoms with Crippen molar-refractivity contribution in [3.63, 3.8) is 0 Å². The normalized spacial score (nSPS) is 26.0. The summed E-state index contributed by atoms with van der Waals surface area (Å²) in [5.41, 5.74) is 4.96. The molecular formula is C23H36N6O4. The Morgan fingerprint density at radius 1 is 1.24 bits per heavy atom.